The quantitative estimate of drug-likeness (QED) is 0.718. The van der Waals surface area contributed by atoms with E-state index in [0.717, 1.165) is 0 Å². The molecule has 68 valence electrons. The molecule has 14 heavy (non-hydrogen) atoms. The molecule has 5 heteroatoms. The maximum atomic E-state index is 10.7. The van der Waals surface area contributed by atoms with Crippen LogP contribution in [0.2, 0.25) is 0 Å². The van der Waals surface area contributed by atoms with Crippen molar-refractivity contribution in [2.45, 2.75) is 0 Å². The molecule has 0 bridgehead atoms. The molecule has 0 saturated carbocycles. The molecule has 1 aromatic carbocycles. The smallest absolute Gasteiger partial charge is 0.296 e. The molecule has 0 spiro atoms. The molecule has 0 radical (unpaired) electrons. The van der Waals surface area contributed by atoms with Gasteiger partial charge in [-0.05, 0) is 12.1 Å². The highest BCUT2D eigenvalue weighted by molar-refractivity contribution is 5.56. The average Bonchev–Trinajstić information content (AvgIpc) is 2.65. The fourth-order valence-corrected chi connectivity index (χ4v) is 1.09. The van der Waals surface area contributed by atoms with Gasteiger partial charge < -0.3 is 0 Å². The third-order valence-corrected chi connectivity index (χ3v) is 1.71. The number of H-pyrrole nitrogens is 1. The minimum atomic E-state index is -0.609. The molecule has 0 aliphatic carbocycles. The van der Waals surface area contributed by atoms with Gasteiger partial charge in [-0.15, -0.1) is 0 Å². The van der Waals surface area contributed by atoms with Crippen molar-refractivity contribution < 1.29 is 4.52 Å². The first-order chi connectivity index (χ1) is 6.79. The van der Waals surface area contributed by atoms with Gasteiger partial charge in [-0.1, -0.05) is 17.3 Å². The Hall–Kier alpha value is -2.35. The molecule has 2 aromatic rings. The van der Waals surface area contributed by atoms with E-state index in [4.69, 9.17) is 5.26 Å². The van der Waals surface area contributed by atoms with Crippen LogP contribution in [0, 0.1) is 11.3 Å². The summed E-state index contributed by atoms with van der Waals surface area (Å²) in [6.45, 7) is 0. The van der Waals surface area contributed by atoms with Crippen molar-refractivity contribution in [1.82, 2.24) is 10.1 Å². The zero-order valence-electron chi connectivity index (χ0n) is 7.02. The summed E-state index contributed by atoms with van der Waals surface area (Å²) < 4.78 is 4.35. The standard InChI is InChI=1S/C9H5N3O2/c10-5-6-2-1-3-7(4-6)8-11-9(13)14-12-8/h1-4H,(H,11,12,13). The second-order valence-electron chi connectivity index (χ2n) is 2.64. The van der Waals surface area contributed by atoms with Gasteiger partial charge in [0.15, 0.2) is 5.82 Å². The summed E-state index contributed by atoms with van der Waals surface area (Å²) >= 11 is 0. The van der Waals surface area contributed by atoms with Crippen LogP contribution in [0.25, 0.3) is 11.4 Å². The summed E-state index contributed by atoms with van der Waals surface area (Å²) in [5, 5.41) is 12.2. The Morgan fingerprint density at radius 2 is 2.36 bits per heavy atom. The van der Waals surface area contributed by atoms with Crippen LogP contribution in [-0.4, -0.2) is 10.1 Å². The molecule has 1 N–H and O–H groups in total. The van der Waals surface area contributed by atoms with Gasteiger partial charge in [-0.2, -0.15) is 5.26 Å². The van der Waals surface area contributed by atoms with Gasteiger partial charge >= 0.3 is 5.76 Å². The van der Waals surface area contributed by atoms with Crippen LogP contribution >= 0.6 is 0 Å². The molecule has 0 aliphatic heterocycles. The Bertz CT molecular complexity index is 547. The number of hydrogen-bond acceptors (Lipinski definition) is 4. The first-order valence-electron chi connectivity index (χ1n) is 3.86. The molecule has 1 heterocycles. The van der Waals surface area contributed by atoms with E-state index in [1.165, 1.54) is 0 Å². The number of aromatic amines is 1. The Balaban J connectivity index is 2.53. The highest BCUT2D eigenvalue weighted by Gasteiger charge is 2.03. The van der Waals surface area contributed by atoms with Crippen LogP contribution in [0.4, 0.5) is 0 Å². The number of nitrogens with zero attached hydrogens (tertiary/aromatic N) is 2. The van der Waals surface area contributed by atoms with Gasteiger partial charge in [0, 0.05) is 5.56 Å². The van der Waals surface area contributed by atoms with E-state index in [-0.39, 0.29) is 0 Å². The number of nitriles is 1. The lowest BCUT2D eigenvalue weighted by Gasteiger charge is -1.93. The monoisotopic (exact) mass is 187 g/mol. The molecule has 1 aromatic heterocycles. The normalized spacial score (nSPS) is 9.64. The number of aromatic nitrogens is 2. The van der Waals surface area contributed by atoms with E-state index < -0.39 is 5.76 Å². The zero-order valence-corrected chi connectivity index (χ0v) is 7.02. The van der Waals surface area contributed by atoms with Gasteiger partial charge in [0.25, 0.3) is 0 Å². The van der Waals surface area contributed by atoms with Crippen LogP contribution in [0.1, 0.15) is 5.56 Å². The van der Waals surface area contributed by atoms with E-state index >= 15 is 0 Å². The van der Waals surface area contributed by atoms with Crippen molar-refractivity contribution in [1.29, 1.82) is 5.26 Å². The summed E-state index contributed by atoms with van der Waals surface area (Å²) in [5.74, 6) is -0.283. The van der Waals surface area contributed by atoms with Crippen molar-refractivity contribution in [3.05, 3.63) is 40.4 Å². The van der Waals surface area contributed by atoms with Crippen molar-refractivity contribution in [2.24, 2.45) is 0 Å². The maximum Gasteiger partial charge on any atom is 0.439 e. The van der Waals surface area contributed by atoms with Gasteiger partial charge in [-0.3, -0.25) is 9.51 Å². The summed E-state index contributed by atoms with van der Waals surface area (Å²) in [5.41, 5.74) is 1.15. The molecule has 2 rings (SSSR count). The Morgan fingerprint density at radius 3 is 3.00 bits per heavy atom. The van der Waals surface area contributed by atoms with Gasteiger partial charge in [0.2, 0.25) is 0 Å². The van der Waals surface area contributed by atoms with Crippen LogP contribution < -0.4 is 5.76 Å². The number of nitrogens with one attached hydrogen (secondary N) is 1. The minimum absolute atomic E-state index is 0.326. The van der Waals surface area contributed by atoms with E-state index in [1.807, 2.05) is 6.07 Å². The summed E-state index contributed by atoms with van der Waals surface area (Å²) in [7, 11) is 0. The van der Waals surface area contributed by atoms with E-state index in [9.17, 15) is 4.79 Å². The summed E-state index contributed by atoms with van der Waals surface area (Å²) in [4.78, 5) is 13.1. The number of hydrogen-bond donors (Lipinski definition) is 1. The number of benzene rings is 1. The lowest BCUT2D eigenvalue weighted by molar-refractivity contribution is 0.388. The molecule has 0 amide bonds. The fourth-order valence-electron chi connectivity index (χ4n) is 1.09. The van der Waals surface area contributed by atoms with E-state index in [0.29, 0.717) is 17.0 Å². The summed E-state index contributed by atoms with van der Waals surface area (Å²) in [6.07, 6.45) is 0. The third kappa shape index (κ3) is 1.41. The second kappa shape index (κ2) is 3.18. The van der Waals surface area contributed by atoms with Crippen LogP contribution in [0.3, 0.4) is 0 Å². The van der Waals surface area contributed by atoms with Gasteiger partial charge in [0.05, 0.1) is 11.6 Å². The maximum absolute atomic E-state index is 10.7. The van der Waals surface area contributed by atoms with Crippen molar-refractivity contribution in [2.75, 3.05) is 0 Å². The molecule has 0 unspecified atom stereocenters. The second-order valence-corrected chi connectivity index (χ2v) is 2.64. The van der Waals surface area contributed by atoms with Crippen LogP contribution in [0.15, 0.2) is 33.6 Å². The van der Waals surface area contributed by atoms with Crippen LogP contribution in [-0.2, 0) is 0 Å². The number of rotatable bonds is 1. The predicted octanol–water partition coefficient (Wildman–Crippen LogP) is 0.902. The minimum Gasteiger partial charge on any atom is -0.296 e. The molecule has 0 aliphatic rings. The topological polar surface area (TPSA) is 82.7 Å². The highest BCUT2D eigenvalue weighted by Crippen LogP contribution is 2.14. The van der Waals surface area contributed by atoms with E-state index in [1.54, 1.807) is 24.3 Å². The average molecular weight is 187 g/mol. The van der Waals surface area contributed by atoms with Gasteiger partial charge in [-0.25, -0.2) is 4.79 Å². The molecular formula is C9H5N3O2. The van der Waals surface area contributed by atoms with Crippen molar-refractivity contribution >= 4 is 0 Å². The molecule has 0 saturated heterocycles. The first kappa shape index (κ1) is 8.26. The Kier molecular flexibility index (Phi) is 1.88. The molecule has 0 fully saturated rings. The zero-order chi connectivity index (χ0) is 9.97. The van der Waals surface area contributed by atoms with Crippen LogP contribution in [0.5, 0.6) is 0 Å². The largest absolute Gasteiger partial charge is 0.439 e. The highest BCUT2D eigenvalue weighted by atomic mass is 16.5. The Labute approximate surface area is 78.6 Å². The third-order valence-electron chi connectivity index (χ3n) is 1.71. The summed E-state index contributed by atoms with van der Waals surface area (Å²) in [6, 6.07) is 8.72. The lowest BCUT2D eigenvalue weighted by atomic mass is 10.1. The van der Waals surface area contributed by atoms with Crippen molar-refractivity contribution in [3.8, 4) is 17.5 Å². The molecule has 5 nitrogen and oxygen atoms in total. The van der Waals surface area contributed by atoms with Gasteiger partial charge in [0.1, 0.15) is 0 Å². The van der Waals surface area contributed by atoms with E-state index in [2.05, 4.69) is 14.7 Å². The SMILES string of the molecule is N#Cc1cccc(-c2noc(=O)[nH]2)c1. The Morgan fingerprint density at radius 1 is 1.50 bits per heavy atom. The lowest BCUT2D eigenvalue weighted by Crippen LogP contribution is -1.94. The predicted molar refractivity (Wildman–Crippen MR) is 47.3 cm³/mol. The fraction of sp³-hybridized carbons (Fsp3) is 0. The molecule has 0 atom stereocenters. The molecular weight excluding hydrogens is 182 g/mol. The van der Waals surface area contributed by atoms with Crippen molar-refractivity contribution in [3.63, 3.8) is 0 Å². The first-order valence-corrected chi connectivity index (χ1v) is 3.86.